The van der Waals surface area contributed by atoms with E-state index in [-0.39, 0.29) is 17.9 Å². The van der Waals surface area contributed by atoms with Crippen molar-refractivity contribution >= 4 is 23.3 Å². The van der Waals surface area contributed by atoms with Crippen molar-refractivity contribution in [2.24, 2.45) is 0 Å². The first kappa shape index (κ1) is 25.1. The highest BCUT2D eigenvalue weighted by Gasteiger charge is 2.29. The van der Waals surface area contributed by atoms with Gasteiger partial charge in [0.05, 0.1) is 31.5 Å². The smallest absolute Gasteiger partial charge is 0.324 e. The maximum absolute atomic E-state index is 13.6. The zero-order chi connectivity index (χ0) is 25.5. The molecule has 0 unspecified atom stereocenters. The van der Waals surface area contributed by atoms with E-state index in [4.69, 9.17) is 9.47 Å². The average molecular weight is 488 g/mol. The van der Waals surface area contributed by atoms with Crippen molar-refractivity contribution in [2.75, 3.05) is 37.5 Å². The maximum Gasteiger partial charge on any atom is 0.324 e. The molecule has 0 saturated carbocycles. The van der Waals surface area contributed by atoms with Gasteiger partial charge in [0.25, 0.3) is 0 Å². The summed E-state index contributed by atoms with van der Waals surface area (Å²) in [6, 6.07) is 22.8. The molecule has 188 valence electrons. The van der Waals surface area contributed by atoms with Crippen LogP contribution < -0.4 is 19.7 Å². The Morgan fingerprint density at radius 3 is 2.28 bits per heavy atom. The second-order valence-electron chi connectivity index (χ2n) is 8.81. The first-order valence-electron chi connectivity index (χ1n) is 12.3. The molecule has 0 radical (unpaired) electrons. The average Bonchev–Trinajstić information content (AvgIpc) is 2.91. The van der Waals surface area contributed by atoms with E-state index in [1.54, 1.807) is 19.1 Å². The van der Waals surface area contributed by atoms with Gasteiger partial charge in [-0.1, -0.05) is 49.4 Å². The summed E-state index contributed by atoms with van der Waals surface area (Å²) < 4.78 is 10.8. The first-order chi connectivity index (χ1) is 17.5. The molecule has 1 atom stereocenters. The van der Waals surface area contributed by atoms with Gasteiger partial charge in [0.2, 0.25) is 5.91 Å². The summed E-state index contributed by atoms with van der Waals surface area (Å²) in [5.74, 6) is 1.02. The number of hydrogen-bond acceptors (Lipinski definition) is 4. The predicted molar refractivity (Wildman–Crippen MR) is 142 cm³/mol. The quantitative estimate of drug-likeness (QED) is 0.422. The number of urea groups is 1. The van der Waals surface area contributed by atoms with Crippen molar-refractivity contribution in [3.05, 3.63) is 83.9 Å². The number of nitrogens with zero attached hydrogens (tertiary/aromatic N) is 2. The lowest BCUT2D eigenvalue weighted by atomic mass is 9.95. The first-order valence-corrected chi connectivity index (χ1v) is 12.3. The van der Waals surface area contributed by atoms with Crippen LogP contribution >= 0.6 is 0 Å². The summed E-state index contributed by atoms with van der Waals surface area (Å²) in [6.07, 6.45) is 1.50. The fourth-order valence-corrected chi connectivity index (χ4v) is 4.62. The van der Waals surface area contributed by atoms with E-state index in [1.165, 1.54) is 0 Å². The van der Waals surface area contributed by atoms with Gasteiger partial charge in [0.15, 0.2) is 0 Å². The Bertz CT molecular complexity index is 1180. The van der Waals surface area contributed by atoms with Crippen LogP contribution in [0.15, 0.2) is 72.8 Å². The van der Waals surface area contributed by atoms with Gasteiger partial charge in [-0.15, -0.1) is 0 Å². The van der Waals surface area contributed by atoms with Crippen molar-refractivity contribution in [3.8, 4) is 11.5 Å². The zero-order valence-corrected chi connectivity index (χ0v) is 21.1. The molecule has 0 spiro atoms. The second-order valence-corrected chi connectivity index (χ2v) is 8.81. The summed E-state index contributed by atoms with van der Waals surface area (Å²) in [7, 11) is 3.22. The van der Waals surface area contributed by atoms with Crippen LogP contribution in [0, 0.1) is 0 Å². The number of nitrogens with one attached hydrogen (secondary N) is 1. The van der Waals surface area contributed by atoms with Crippen molar-refractivity contribution in [1.82, 2.24) is 4.90 Å². The summed E-state index contributed by atoms with van der Waals surface area (Å²) >= 11 is 0. The van der Waals surface area contributed by atoms with Gasteiger partial charge < -0.3 is 19.7 Å². The molecule has 0 aromatic heterocycles. The third-order valence-electron chi connectivity index (χ3n) is 6.48. The van der Waals surface area contributed by atoms with Crippen LogP contribution in [-0.4, -0.2) is 44.1 Å². The van der Waals surface area contributed by atoms with Crippen molar-refractivity contribution in [2.45, 2.75) is 32.2 Å². The number of benzene rings is 3. The zero-order valence-electron chi connectivity index (χ0n) is 21.1. The molecule has 1 aliphatic rings. The third kappa shape index (κ3) is 5.62. The number of anilines is 2. The van der Waals surface area contributed by atoms with Crippen LogP contribution in [0.2, 0.25) is 0 Å². The summed E-state index contributed by atoms with van der Waals surface area (Å²) in [5.41, 5.74) is 3.24. The predicted octanol–water partition coefficient (Wildman–Crippen LogP) is 5.67. The van der Waals surface area contributed by atoms with E-state index in [2.05, 4.69) is 5.32 Å². The molecule has 7 nitrogen and oxygen atoms in total. The largest absolute Gasteiger partial charge is 0.497 e. The highest BCUT2D eigenvalue weighted by molar-refractivity contribution is 6.02. The molecule has 1 heterocycles. The van der Waals surface area contributed by atoms with Gasteiger partial charge in [-0.05, 0) is 48.2 Å². The van der Waals surface area contributed by atoms with Crippen LogP contribution in [0.5, 0.6) is 11.5 Å². The van der Waals surface area contributed by atoms with Crippen molar-refractivity contribution in [1.29, 1.82) is 0 Å². The Kier molecular flexibility index (Phi) is 8.10. The van der Waals surface area contributed by atoms with Crippen LogP contribution in [-0.2, 0) is 11.3 Å². The lowest BCUT2D eigenvalue weighted by Gasteiger charge is -2.36. The molecular weight excluding hydrogens is 454 g/mol. The Hall–Kier alpha value is -4.00. The van der Waals surface area contributed by atoms with Crippen LogP contribution in [0.3, 0.4) is 0 Å². The lowest BCUT2D eigenvalue weighted by Crippen LogP contribution is -2.49. The number of carbonyl (C=O) groups excluding carboxylic acids is 2. The van der Waals surface area contributed by atoms with Crippen molar-refractivity contribution < 1.29 is 19.1 Å². The molecule has 7 heteroatoms. The SMILES string of the molecule is CC[C@@H](C(=O)Nc1ccccc1N1CCCN(Cc2cc(OC)cc(OC)c2)C1=O)c1ccccc1. The Balaban J connectivity index is 1.54. The monoisotopic (exact) mass is 487 g/mol. The Labute approximate surface area is 212 Å². The molecule has 0 aliphatic carbocycles. The maximum atomic E-state index is 13.6. The number of carbonyl (C=O) groups is 2. The molecule has 1 saturated heterocycles. The molecule has 3 aromatic rings. The third-order valence-corrected chi connectivity index (χ3v) is 6.48. The fraction of sp³-hybridized carbons (Fsp3) is 0.310. The molecule has 1 aliphatic heterocycles. The standard InChI is InChI=1S/C29H33N3O4/c1-4-25(22-11-6-5-7-12-22)28(33)30-26-13-8-9-14-27(26)32-16-10-15-31(29(32)34)20-21-17-23(35-2)19-24(18-21)36-3/h5-9,11-14,17-19,25H,4,10,15-16,20H2,1-3H3,(H,30,33)/t25-/m1/s1. The van der Waals surface area contributed by atoms with E-state index in [0.29, 0.717) is 48.9 Å². The molecule has 4 rings (SSSR count). The number of methoxy groups -OCH3 is 2. The molecule has 1 N–H and O–H groups in total. The van der Waals surface area contributed by atoms with Gasteiger partial charge >= 0.3 is 6.03 Å². The molecule has 3 amide bonds. The van der Waals surface area contributed by atoms with E-state index in [9.17, 15) is 9.59 Å². The molecular formula is C29H33N3O4. The Morgan fingerprint density at radius 2 is 1.61 bits per heavy atom. The number of rotatable bonds is 9. The van der Waals surface area contributed by atoms with Gasteiger partial charge in [0.1, 0.15) is 11.5 Å². The summed E-state index contributed by atoms with van der Waals surface area (Å²) in [4.78, 5) is 30.4. The minimum absolute atomic E-state index is 0.0825. The van der Waals surface area contributed by atoms with E-state index in [1.807, 2.05) is 84.6 Å². The molecule has 36 heavy (non-hydrogen) atoms. The number of para-hydroxylation sites is 2. The molecule has 3 aromatic carbocycles. The fourth-order valence-electron chi connectivity index (χ4n) is 4.62. The van der Waals surface area contributed by atoms with Gasteiger partial charge in [0, 0.05) is 25.7 Å². The number of hydrogen-bond donors (Lipinski definition) is 1. The number of ether oxygens (including phenoxy) is 2. The topological polar surface area (TPSA) is 71.1 Å². The molecule has 0 bridgehead atoms. The van der Waals surface area contributed by atoms with Crippen molar-refractivity contribution in [3.63, 3.8) is 0 Å². The summed E-state index contributed by atoms with van der Waals surface area (Å²) in [5, 5.41) is 3.09. The van der Waals surface area contributed by atoms with E-state index in [0.717, 1.165) is 17.5 Å². The minimum atomic E-state index is -0.268. The van der Waals surface area contributed by atoms with Crippen LogP contribution in [0.25, 0.3) is 0 Å². The van der Waals surface area contributed by atoms with E-state index >= 15 is 0 Å². The van der Waals surface area contributed by atoms with Gasteiger partial charge in [-0.2, -0.15) is 0 Å². The van der Waals surface area contributed by atoms with Crippen LogP contribution in [0.4, 0.5) is 16.2 Å². The lowest BCUT2D eigenvalue weighted by molar-refractivity contribution is -0.117. The van der Waals surface area contributed by atoms with Gasteiger partial charge in [-0.25, -0.2) is 4.79 Å². The second kappa shape index (κ2) is 11.6. The highest BCUT2D eigenvalue weighted by Crippen LogP contribution is 2.31. The van der Waals surface area contributed by atoms with Crippen LogP contribution in [0.1, 0.15) is 36.8 Å². The van der Waals surface area contributed by atoms with E-state index < -0.39 is 0 Å². The normalized spacial score (nSPS) is 14.4. The summed E-state index contributed by atoms with van der Waals surface area (Å²) in [6.45, 7) is 3.67. The van der Waals surface area contributed by atoms with Gasteiger partial charge in [-0.3, -0.25) is 9.69 Å². The molecule has 1 fully saturated rings. The highest BCUT2D eigenvalue weighted by atomic mass is 16.5. The Morgan fingerprint density at radius 1 is 0.944 bits per heavy atom. The number of amides is 3. The minimum Gasteiger partial charge on any atom is -0.497 e.